The van der Waals surface area contributed by atoms with Gasteiger partial charge < -0.3 is 10.1 Å². The number of nitrogens with one attached hydrogen (secondary N) is 1. The van der Waals surface area contributed by atoms with Crippen molar-refractivity contribution < 1.29 is 22.3 Å². The largest absolute Gasteiger partial charge is 0.461 e. The lowest BCUT2D eigenvalue weighted by atomic mass is 9.98. The van der Waals surface area contributed by atoms with Crippen molar-refractivity contribution in [2.45, 2.75) is 51.2 Å². The number of alkyl halides is 4. The Hall–Kier alpha value is -1.34. The van der Waals surface area contributed by atoms with Gasteiger partial charge in [0.15, 0.2) is 0 Å². The maximum Gasteiger partial charge on any atom is 0.461 e. The van der Waals surface area contributed by atoms with Gasteiger partial charge in [-0.05, 0) is 24.1 Å². The van der Waals surface area contributed by atoms with Gasteiger partial charge in [0.25, 0.3) is 0 Å². The van der Waals surface area contributed by atoms with Crippen LogP contribution in [-0.4, -0.2) is 43.6 Å². The van der Waals surface area contributed by atoms with E-state index in [-0.39, 0.29) is 11.8 Å². The number of unbranched alkanes of at least 4 members (excludes halogenated alkanes) is 2. The molecule has 1 saturated heterocycles. The molecular formula is C18H26F4N2O. The zero-order valence-corrected chi connectivity index (χ0v) is 14.5. The summed E-state index contributed by atoms with van der Waals surface area (Å²) in [5, 5.41) is 3.32. The van der Waals surface area contributed by atoms with Crippen molar-refractivity contribution in [3.05, 3.63) is 29.8 Å². The Labute approximate surface area is 146 Å². The fourth-order valence-electron chi connectivity index (χ4n) is 3.10. The molecule has 0 aliphatic carbocycles. The Morgan fingerprint density at radius 1 is 1.12 bits per heavy atom. The zero-order chi connectivity index (χ0) is 18.3. The number of ether oxygens (including phenoxy) is 1. The second kappa shape index (κ2) is 9.38. The van der Waals surface area contributed by atoms with Crippen molar-refractivity contribution in [2.24, 2.45) is 0 Å². The van der Waals surface area contributed by atoms with Gasteiger partial charge in [0.05, 0.1) is 0 Å². The summed E-state index contributed by atoms with van der Waals surface area (Å²) in [6, 6.07) is 6.31. The molecule has 0 amide bonds. The first-order valence-corrected chi connectivity index (χ1v) is 8.83. The van der Waals surface area contributed by atoms with E-state index in [4.69, 9.17) is 0 Å². The van der Waals surface area contributed by atoms with Crippen molar-refractivity contribution >= 4 is 0 Å². The Morgan fingerprint density at radius 2 is 1.76 bits per heavy atom. The molecule has 1 fully saturated rings. The lowest BCUT2D eigenvalue weighted by Gasteiger charge is -2.35. The van der Waals surface area contributed by atoms with Crippen molar-refractivity contribution in [1.82, 2.24) is 10.2 Å². The van der Waals surface area contributed by atoms with Crippen LogP contribution < -0.4 is 10.1 Å². The molecule has 0 aromatic heterocycles. The molecule has 2 rings (SSSR count). The van der Waals surface area contributed by atoms with E-state index in [1.165, 1.54) is 12.1 Å². The third-order valence-electron chi connectivity index (χ3n) is 4.45. The third kappa shape index (κ3) is 5.85. The van der Waals surface area contributed by atoms with Gasteiger partial charge in [-0.3, -0.25) is 4.90 Å². The maximum atomic E-state index is 13.0. The van der Waals surface area contributed by atoms with Crippen LogP contribution in [0.4, 0.5) is 17.6 Å². The minimum absolute atomic E-state index is 0.207. The molecule has 0 unspecified atom stereocenters. The highest BCUT2D eigenvalue weighted by atomic mass is 19.3. The van der Waals surface area contributed by atoms with Crippen LogP contribution in [0.25, 0.3) is 0 Å². The quantitative estimate of drug-likeness (QED) is 0.519. The van der Waals surface area contributed by atoms with Crippen LogP contribution in [0.5, 0.6) is 5.75 Å². The van der Waals surface area contributed by atoms with E-state index in [1.807, 2.05) is 0 Å². The number of nitrogens with zero attached hydrogens (tertiary/aromatic N) is 1. The Kier molecular flexibility index (Phi) is 7.50. The van der Waals surface area contributed by atoms with Crippen LogP contribution >= 0.6 is 0 Å². The molecule has 1 atom stereocenters. The predicted octanol–water partition coefficient (Wildman–Crippen LogP) is 4.45. The van der Waals surface area contributed by atoms with Crippen LogP contribution in [-0.2, 0) is 0 Å². The molecule has 1 aliphatic rings. The average Bonchev–Trinajstić information content (AvgIpc) is 2.60. The molecule has 0 radical (unpaired) electrons. The lowest BCUT2D eigenvalue weighted by Crippen LogP contribution is -2.45. The average molecular weight is 362 g/mol. The number of rotatable bonds is 9. The van der Waals surface area contributed by atoms with E-state index in [0.29, 0.717) is 0 Å². The highest BCUT2D eigenvalue weighted by Crippen LogP contribution is 2.31. The minimum atomic E-state index is -4.47. The fourth-order valence-corrected chi connectivity index (χ4v) is 3.10. The summed E-state index contributed by atoms with van der Waals surface area (Å²) in [4.78, 5) is 2.38. The van der Waals surface area contributed by atoms with Crippen LogP contribution in [0.1, 0.15) is 44.2 Å². The first-order chi connectivity index (χ1) is 11.9. The highest BCUT2D eigenvalue weighted by Gasteiger charge is 2.43. The van der Waals surface area contributed by atoms with Gasteiger partial charge >= 0.3 is 12.5 Å². The molecule has 7 heteroatoms. The summed E-state index contributed by atoms with van der Waals surface area (Å²) in [6.45, 7) is 5.85. The third-order valence-corrected chi connectivity index (χ3v) is 4.45. The van der Waals surface area contributed by atoms with E-state index in [9.17, 15) is 17.6 Å². The molecule has 1 heterocycles. The van der Waals surface area contributed by atoms with Crippen LogP contribution in [0.15, 0.2) is 24.3 Å². The smallest absolute Gasteiger partial charge is 0.428 e. The van der Waals surface area contributed by atoms with Gasteiger partial charge in [0.1, 0.15) is 5.75 Å². The van der Waals surface area contributed by atoms with Crippen LogP contribution in [0.3, 0.4) is 0 Å². The normalized spacial score (nSPS) is 17.7. The molecule has 1 aromatic carbocycles. The molecule has 142 valence electrons. The van der Waals surface area contributed by atoms with Gasteiger partial charge in [0.2, 0.25) is 0 Å². The van der Waals surface area contributed by atoms with Crippen molar-refractivity contribution in [3.8, 4) is 5.75 Å². The Bertz CT molecular complexity index is 504. The molecule has 0 bridgehead atoms. The number of halogens is 4. The summed E-state index contributed by atoms with van der Waals surface area (Å²) in [5.74, 6) is -0.248. The monoisotopic (exact) mass is 362 g/mol. The summed E-state index contributed by atoms with van der Waals surface area (Å²) < 4.78 is 54.6. The SMILES string of the molecule is CCCCC[C@H](c1ccc(OC(F)(F)C(F)F)cc1)N1CCNCC1. The van der Waals surface area contributed by atoms with Gasteiger partial charge in [-0.15, -0.1) is 0 Å². The Morgan fingerprint density at radius 3 is 2.32 bits per heavy atom. The van der Waals surface area contributed by atoms with E-state index in [1.54, 1.807) is 12.1 Å². The predicted molar refractivity (Wildman–Crippen MR) is 89.3 cm³/mol. The standard InChI is InChI=1S/C18H26F4N2O/c1-2-3-4-5-16(24-12-10-23-11-13-24)14-6-8-15(9-7-14)25-18(21,22)17(19)20/h6-9,16-17,23H,2-5,10-13H2,1H3/t16-/m1/s1. The molecule has 1 aliphatic heterocycles. The maximum absolute atomic E-state index is 13.0. The van der Waals surface area contributed by atoms with Gasteiger partial charge in [-0.2, -0.15) is 17.6 Å². The molecule has 3 nitrogen and oxygen atoms in total. The van der Waals surface area contributed by atoms with Crippen LogP contribution in [0, 0.1) is 0 Å². The topological polar surface area (TPSA) is 24.5 Å². The molecule has 0 spiro atoms. The first kappa shape index (κ1) is 20.0. The van der Waals surface area contributed by atoms with Gasteiger partial charge in [0, 0.05) is 32.2 Å². The van der Waals surface area contributed by atoms with E-state index < -0.39 is 12.5 Å². The molecule has 1 aromatic rings. The first-order valence-electron chi connectivity index (χ1n) is 8.83. The molecular weight excluding hydrogens is 336 g/mol. The van der Waals surface area contributed by atoms with Gasteiger partial charge in [-0.25, -0.2) is 0 Å². The highest BCUT2D eigenvalue weighted by molar-refractivity contribution is 5.29. The van der Waals surface area contributed by atoms with E-state index >= 15 is 0 Å². The van der Waals surface area contributed by atoms with Crippen molar-refractivity contribution in [2.75, 3.05) is 26.2 Å². The minimum Gasteiger partial charge on any atom is -0.428 e. The number of hydrogen-bond acceptors (Lipinski definition) is 3. The summed E-state index contributed by atoms with van der Waals surface area (Å²) >= 11 is 0. The van der Waals surface area contributed by atoms with Crippen molar-refractivity contribution in [1.29, 1.82) is 0 Å². The summed E-state index contributed by atoms with van der Waals surface area (Å²) in [6.07, 6.45) is -3.97. The summed E-state index contributed by atoms with van der Waals surface area (Å²) in [7, 11) is 0. The molecule has 0 saturated carbocycles. The van der Waals surface area contributed by atoms with Crippen molar-refractivity contribution in [3.63, 3.8) is 0 Å². The number of benzene rings is 1. The van der Waals surface area contributed by atoms with Gasteiger partial charge in [-0.1, -0.05) is 38.3 Å². The Balaban J connectivity index is 2.08. The zero-order valence-electron chi connectivity index (χ0n) is 14.5. The second-order valence-electron chi connectivity index (χ2n) is 6.33. The number of piperazine rings is 1. The summed E-state index contributed by atoms with van der Waals surface area (Å²) in [5.41, 5.74) is 1.01. The van der Waals surface area contributed by atoms with E-state index in [2.05, 4.69) is 21.9 Å². The van der Waals surface area contributed by atoms with Crippen LogP contribution in [0.2, 0.25) is 0 Å². The second-order valence-corrected chi connectivity index (χ2v) is 6.33. The number of hydrogen-bond donors (Lipinski definition) is 1. The molecule has 1 N–H and O–H groups in total. The molecule has 25 heavy (non-hydrogen) atoms. The fraction of sp³-hybridized carbons (Fsp3) is 0.667. The lowest BCUT2D eigenvalue weighted by molar-refractivity contribution is -0.253. The van der Waals surface area contributed by atoms with E-state index in [0.717, 1.165) is 57.4 Å².